The monoisotopic (exact) mass is 372 g/mol. The lowest BCUT2D eigenvalue weighted by Crippen LogP contribution is -2.03. The van der Waals surface area contributed by atoms with Crippen molar-refractivity contribution in [1.29, 1.82) is 0 Å². The number of carboxylic acid groups (broad SMARTS) is 1. The zero-order chi connectivity index (χ0) is 19.8. The maximum Gasteiger partial charge on any atom is 0.336 e. The molecule has 0 spiro atoms. The van der Waals surface area contributed by atoms with Crippen LogP contribution in [-0.4, -0.2) is 39.0 Å². The summed E-state index contributed by atoms with van der Waals surface area (Å²) < 4.78 is 21.7. The Morgan fingerprint density at radius 1 is 1.00 bits per heavy atom. The molecule has 0 radical (unpaired) electrons. The molecule has 0 aromatic heterocycles. The molecule has 0 heterocycles. The van der Waals surface area contributed by atoms with E-state index in [1.54, 1.807) is 49.6 Å². The van der Waals surface area contributed by atoms with E-state index in [0.29, 0.717) is 40.7 Å². The van der Waals surface area contributed by atoms with Gasteiger partial charge in [0.15, 0.2) is 23.0 Å². The number of hydrogen-bond donors (Lipinski definition) is 1. The maximum atomic E-state index is 11.9. The van der Waals surface area contributed by atoms with Crippen LogP contribution >= 0.6 is 0 Å². The summed E-state index contributed by atoms with van der Waals surface area (Å²) in [5.74, 6) is 0.983. The van der Waals surface area contributed by atoms with E-state index in [9.17, 15) is 9.90 Å². The van der Waals surface area contributed by atoms with Gasteiger partial charge in [0, 0.05) is 5.56 Å². The third-order valence-corrected chi connectivity index (χ3v) is 3.90. The van der Waals surface area contributed by atoms with Crippen molar-refractivity contribution in [2.45, 2.75) is 13.3 Å². The van der Waals surface area contributed by atoms with Gasteiger partial charge < -0.3 is 24.1 Å². The van der Waals surface area contributed by atoms with Crippen LogP contribution in [0.15, 0.2) is 36.4 Å². The number of carboxylic acids is 1. The molecule has 0 saturated heterocycles. The lowest BCUT2D eigenvalue weighted by molar-refractivity contribution is -0.130. The van der Waals surface area contributed by atoms with Crippen molar-refractivity contribution in [3.05, 3.63) is 47.5 Å². The molecular formula is C21H24O6. The minimum atomic E-state index is -1.06. The van der Waals surface area contributed by atoms with Crippen LogP contribution in [-0.2, 0) is 4.79 Å². The van der Waals surface area contributed by atoms with E-state index in [2.05, 4.69) is 0 Å². The van der Waals surface area contributed by atoms with Crippen molar-refractivity contribution < 1.29 is 28.8 Å². The average Bonchev–Trinajstić information content (AvgIpc) is 2.69. The number of hydrogen-bond acceptors (Lipinski definition) is 5. The fourth-order valence-electron chi connectivity index (χ4n) is 2.59. The predicted molar refractivity (Wildman–Crippen MR) is 104 cm³/mol. The summed E-state index contributed by atoms with van der Waals surface area (Å²) in [4.78, 5) is 11.9. The highest BCUT2D eigenvalue weighted by molar-refractivity contribution is 6.21. The van der Waals surface area contributed by atoms with Gasteiger partial charge >= 0.3 is 5.97 Å². The number of aliphatic carboxylic acids is 1. The third-order valence-electron chi connectivity index (χ3n) is 3.90. The molecule has 2 aromatic rings. The molecule has 0 atom stereocenters. The van der Waals surface area contributed by atoms with Crippen LogP contribution in [0.2, 0.25) is 0 Å². The first kappa shape index (κ1) is 20.2. The van der Waals surface area contributed by atoms with Crippen LogP contribution in [0.1, 0.15) is 24.5 Å². The van der Waals surface area contributed by atoms with Gasteiger partial charge in [0.2, 0.25) is 0 Å². The Morgan fingerprint density at radius 3 is 2.30 bits per heavy atom. The van der Waals surface area contributed by atoms with E-state index >= 15 is 0 Å². The Bertz CT molecular complexity index is 825. The van der Waals surface area contributed by atoms with E-state index in [1.807, 2.05) is 6.92 Å². The molecule has 0 saturated carbocycles. The van der Waals surface area contributed by atoms with Crippen LogP contribution in [0.5, 0.6) is 23.0 Å². The van der Waals surface area contributed by atoms with E-state index in [4.69, 9.17) is 18.9 Å². The van der Waals surface area contributed by atoms with Gasteiger partial charge in [-0.25, -0.2) is 4.79 Å². The molecule has 0 aliphatic rings. The molecule has 0 aliphatic carbocycles. The van der Waals surface area contributed by atoms with Crippen LogP contribution in [0.25, 0.3) is 11.6 Å². The molecule has 0 fully saturated rings. The minimum absolute atomic E-state index is 0.102. The maximum absolute atomic E-state index is 11.9. The third kappa shape index (κ3) is 4.73. The lowest BCUT2D eigenvalue weighted by Gasteiger charge is -2.14. The molecule has 6 heteroatoms. The first-order chi connectivity index (χ1) is 13.0. The van der Waals surface area contributed by atoms with Gasteiger partial charge in [-0.05, 0) is 36.3 Å². The number of carbonyl (C=O) groups is 1. The van der Waals surface area contributed by atoms with Crippen LogP contribution in [0, 0.1) is 0 Å². The Balaban J connectivity index is 2.58. The summed E-state index contributed by atoms with van der Waals surface area (Å²) in [6, 6.07) is 10.3. The smallest absolute Gasteiger partial charge is 0.336 e. The van der Waals surface area contributed by atoms with Gasteiger partial charge in [-0.15, -0.1) is 0 Å². The summed E-state index contributed by atoms with van der Waals surface area (Å²) in [5, 5.41) is 9.76. The van der Waals surface area contributed by atoms with Gasteiger partial charge in [-0.1, -0.05) is 25.1 Å². The van der Waals surface area contributed by atoms with Crippen molar-refractivity contribution >= 4 is 17.6 Å². The van der Waals surface area contributed by atoms with Crippen molar-refractivity contribution in [1.82, 2.24) is 0 Å². The number of methoxy groups -OCH3 is 3. The molecular weight excluding hydrogens is 348 g/mol. The summed E-state index contributed by atoms with van der Waals surface area (Å²) in [7, 11) is 4.58. The minimum Gasteiger partial charge on any atom is -0.493 e. The Hall–Kier alpha value is -3.15. The molecule has 0 bridgehead atoms. The fourth-order valence-corrected chi connectivity index (χ4v) is 2.59. The summed E-state index contributed by atoms with van der Waals surface area (Å²) in [6.07, 6.45) is 2.39. The number of ether oxygens (including phenoxy) is 4. The van der Waals surface area contributed by atoms with E-state index < -0.39 is 5.97 Å². The summed E-state index contributed by atoms with van der Waals surface area (Å²) >= 11 is 0. The molecule has 2 aromatic carbocycles. The van der Waals surface area contributed by atoms with Crippen molar-refractivity contribution in [2.24, 2.45) is 0 Å². The summed E-state index contributed by atoms with van der Waals surface area (Å²) in [6.45, 7) is 2.50. The highest BCUT2D eigenvalue weighted by Gasteiger charge is 2.16. The average molecular weight is 372 g/mol. The zero-order valence-corrected chi connectivity index (χ0v) is 15.9. The summed E-state index contributed by atoms with van der Waals surface area (Å²) in [5.41, 5.74) is 1.21. The van der Waals surface area contributed by atoms with Gasteiger partial charge in [-0.2, -0.15) is 0 Å². The van der Waals surface area contributed by atoms with Gasteiger partial charge in [0.1, 0.15) is 0 Å². The number of para-hydroxylation sites is 1. The van der Waals surface area contributed by atoms with Crippen LogP contribution in [0.3, 0.4) is 0 Å². The molecule has 6 nitrogen and oxygen atoms in total. The van der Waals surface area contributed by atoms with E-state index in [1.165, 1.54) is 14.2 Å². The second kappa shape index (κ2) is 9.52. The Morgan fingerprint density at radius 2 is 1.70 bits per heavy atom. The second-order valence-electron chi connectivity index (χ2n) is 5.66. The zero-order valence-electron chi connectivity index (χ0n) is 15.9. The molecule has 1 N–H and O–H groups in total. The van der Waals surface area contributed by atoms with Gasteiger partial charge in [0.05, 0.1) is 33.5 Å². The molecule has 0 unspecified atom stereocenters. The quantitative estimate of drug-likeness (QED) is 0.527. The highest BCUT2D eigenvalue weighted by Crippen LogP contribution is 2.35. The van der Waals surface area contributed by atoms with Crippen LogP contribution in [0.4, 0.5) is 0 Å². The molecule has 144 valence electrons. The normalized spacial score (nSPS) is 11.0. The highest BCUT2D eigenvalue weighted by atomic mass is 16.5. The van der Waals surface area contributed by atoms with Gasteiger partial charge in [0.25, 0.3) is 0 Å². The largest absolute Gasteiger partial charge is 0.493 e. The standard InChI is InChI=1S/C21H24O6/c1-5-11-27-20-15(7-6-8-18(20)25-3)12-16(21(22)23)14-9-10-17(24-2)19(13-14)26-4/h6-10,12-13H,5,11H2,1-4H3,(H,22,23)/b16-12-. The number of rotatable bonds is 9. The van der Waals surface area contributed by atoms with Crippen molar-refractivity contribution in [3.8, 4) is 23.0 Å². The second-order valence-corrected chi connectivity index (χ2v) is 5.66. The molecule has 0 aliphatic heterocycles. The van der Waals surface area contributed by atoms with E-state index in [-0.39, 0.29) is 5.57 Å². The molecule has 27 heavy (non-hydrogen) atoms. The Labute approximate surface area is 158 Å². The fraction of sp³-hybridized carbons (Fsp3) is 0.286. The predicted octanol–water partition coefficient (Wildman–Crippen LogP) is 4.13. The lowest BCUT2D eigenvalue weighted by atomic mass is 10.0. The molecule has 0 amide bonds. The van der Waals surface area contributed by atoms with Crippen molar-refractivity contribution in [2.75, 3.05) is 27.9 Å². The van der Waals surface area contributed by atoms with Gasteiger partial charge in [-0.3, -0.25) is 0 Å². The Kier molecular flexibility index (Phi) is 7.11. The first-order valence-electron chi connectivity index (χ1n) is 8.52. The first-order valence-corrected chi connectivity index (χ1v) is 8.52. The molecule has 2 rings (SSSR count). The number of benzene rings is 2. The SMILES string of the molecule is CCCOc1c(/C=C(\C(=O)O)c2ccc(OC)c(OC)c2)cccc1OC. The topological polar surface area (TPSA) is 74.2 Å². The van der Waals surface area contributed by atoms with Crippen LogP contribution < -0.4 is 18.9 Å². The van der Waals surface area contributed by atoms with E-state index in [0.717, 1.165) is 6.42 Å². The van der Waals surface area contributed by atoms with Crippen molar-refractivity contribution in [3.63, 3.8) is 0 Å².